The molecule has 7 heteroatoms. The highest BCUT2D eigenvalue weighted by Crippen LogP contribution is 2.39. The van der Waals surface area contributed by atoms with Gasteiger partial charge in [-0.25, -0.2) is 9.97 Å². The molecule has 3 heterocycles. The molecule has 0 bridgehead atoms. The minimum absolute atomic E-state index is 0.514. The summed E-state index contributed by atoms with van der Waals surface area (Å²) in [6.45, 7) is 5.95. The third kappa shape index (κ3) is 4.79. The average molecular weight is 458 g/mol. The van der Waals surface area contributed by atoms with Gasteiger partial charge in [-0.2, -0.15) is 0 Å². The highest BCUT2D eigenvalue weighted by molar-refractivity contribution is 5.94. The van der Waals surface area contributed by atoms with Crippen LogP contribution in [-0.2, 0) is 4.74 Å². The second kappa shape index (κ2) is 9.88. The van der Waals surface area contributed by atoms with E-state index in [-0.39, 0.29) is 0 Å². The molecule has 3 aromatic rings. The number of anilines is 3. The first-order valence-corrected chi connectivity index (χ1v) is 11.9. The molecule has 2 N–H and O–H groups in total. The molecule has 2 aliphatic rings. The second-order valence-corrected chi connectivity index (χ2v) is 9.21. The Balaban J connectivity index is 1.24. The third-order valence-electron chi connectivity index (χ3n) is 6.85. The number of aromatic nitrogens is 2. The van der Waals surface area contributed by atoms with Gasteiger partial charge in [0.2, 0.25) is 0 Å². The SMILES string of the molecule is C#Cc1cccc(Nc2ncnc3cc(NC)c(OCCCN4CC5(CCOCC5)C4)cc23)c1. The molecule has 34 heavy (non-hydrogen) atoms. The fourth-order valence-corrected chi connectivity index (χ4v) is 4.97. The average Bonchev–Trinajstić information content (AvgIpc) is 2.86. The van der Waals surface area contributed by atoms with E-state index in [1.165, 1.54) is 25.9 Å². The minimum Gasteiger partial charge on any atom is -0.491 e. The predicted octanol–water partition coefficient (Wildman–Crippen LogP) is 4.28. The molecule has 0 radical (unpaired) electrons. The Morgan fingerprint density at radius 3 is 2.82 bits per heavy atom. The molecule has 0 aliphatic carbocycles. The highest BCUT2D eigenvalue weighted by atomic mass is 16.5. The van der Waals surface area contributed by atoms with Gasteiger partial charge in [0.25, 0.3) is 0 Å². The normalized spacial score (nSPS) is 17.2. The van der Waals surface area contributed by atoms with E-state index < -0.39 is 0 Å². The molecule has 7 nitrogen and oxygen atoms in total. The van der Waals surface area contributed by atoms with E-state index in [1.807, 2.05) is 43.4 Å². The van der Waals surface area contributed by atoms with Crippen molar-refractivity contribution in [2.75, 3.05) is 57.1 Å². The summed E-state index contributed by atoms with van der Waals surface area (Å²) in [5, 5.41) is 7.50. The number of hydrogen-bond donors (Lipinski definition) is 2. The molecule has 1 aromatic heterocycles. The van der Waals surface area contributed by atoms with E-state index in [1.54, 1.807) is 6.33 Å². The summed E-state index contributed by atoms with van der Waals surface area (Å²) in [6.07, 6.45) is 10.5. The molecule has 1 spiro atoms. The van der Waals surface area contributed by atoms with E-state index >= 15 is 0 Å². The van der Waals surface area contributed by atoms with Crippen molar-refractivity contribution >= 4 is 28.1 Å². The van der Waals surface area contributed by atoms with E-state index in [9.17, 15) is 0 Å². The fourth-order valence-electron chi connectivity index (χ4n) is 4.97. The first-order chi connectivity index (χ1) is 16.7. The van der Waals surface area contributed by atoms with Crippen molar-refractivity contribution in [2.45, 2.75) is 19.3 Å². The summed E-state index contributed by atoms with van der Waals surface area (Å²) < 4.78 is 11.7. The van der Waals surface area contributed by atoms with Crippen molar-refractivity contribution in [2.24, 2.45) is 5.41 Å². The number of rotatable bonds is 8. The van der Waals surface area contributed by atoms with E-state index in [0.717, 1.165) is 59.8 Å². The highest BCUT2D eigenvalue weighted by Gasteiger charge is 2.43. The lowest BCUT2D eigenvalue weighted by Gasteiger charge is -2.52. The second-order valence-electron chi connectivity index (χ2n) is 9.21. The van der Waals surface area contributed by atoms with E-state index in [4.69, 9.17) is 15.9 Å². The van der Waals surface area contributed by atoms with Crippen molar-refractivity contribution in [1.82, 2.24) is 14.9 Å². The van der Waals surface area contributed by atoms with Gasteiger partial charge in [0.15, 0.2) is 0 Å². The van der Waals surface area contributed by atoms with Gasteiger partial charge < -0.3 is 25.0 Å². The molecule has 0 unspecified atom stereocenters. The predicted molar refractivity (Wildman–Crippen MR) is 136 cm³/mol. The molecule has 2 fully saturated rings. The fraction of sp³-hybridized carbons (Fsp3) is 0.407. The molecule has 2 aromatic carbocycles. The number of nitrogens with zero attached hydrogens (tertiary/aromatic N) is 3. The largest absolute Gasteiger partial charge is 0.491 e. The van der Waals surface area contributed by atoms with Gasteiger partial charge in [-0.1, -0.05) is 12.0 Å². The summed E-state index contributed by atoms with van der Waals surface area (Å²) in [7, 11) is 1.90. The lowest BCUT2D eigenvalue weighted by Crippen LogP contribution is -2.58. The lowest BCUT2D eigenvalue weighted by atomic mass is 9.73. The van der Waals surface area contributed by atoms with E-state index in [0.29, 0.717) is 17.8 Å². The van der Waals surface area contributed by atoms with Crippen LogP contribution >= 0.6 is 0 Å². The quantitative estimate of drug-likeness (QED) is 0.386. The molecule has 5 rings (SSSR count). The summed E-state index contributed by atoms with van der Waals surface area (Å²) >= 11 is 0. The Labute approximate surface area is 200 Å². The zero-order valence-corrected chi connectivity index (χ0v) is 19.6. The number of fused-ring (bicyclic) bond motifs is 1. The van der Waals surface area contributed by atoms with Crippen LogP contribution in [0, 0.1) is 17.8 Å². The maximum Gasteiger partial charge on any atom is 0.143 e. The van der Waals surface area contributed by atoms with Crippen molar-refractivity contribution in [3.63, 3.8) is 0 Å². The molecule has 0 amide bonds. The van der Waals surface area contributed by atoms with Gasteiger partial charge >= 0.3 is 0 Å². The Kier molecular flexibility index (Phi) is 6.52. The third-order valence-corrected chi connectivity index (χ3v) is 6.85. The zero-order valence-electron chi connectivity index (χ0n) is 19.6. The van der Waals surface area contributed by atoms with Crippen molar-refractivity contribution in [1.29, 1.82) is 0 Å². The van der Waals surface area contributed by atoms with E-state index in [2.05, 4.69) is 31.4 Å². The van der Waals surface area contributed by atoms with Crippen molar-refractivity contribution < 1.29 is 9.47 Å². The molecule has 0 saturated carbocycles. The summed E-state index contributed by atoms with van der Waals surface area (Å²) in [4.78, 5) is 11.5. The van der Waals surface area contributed by atoms with Crippen LogP contribution in [0.4, 0.5) is 17.2 Å². The Hall–Kier alpha value is -3.34. The van der Waals surface area contributed by atoms with Crippen LogP contribution in [0.2, 0.25) is 0 Å². The van der Waals surface area contributed by atoms with Gasteiger partial charge in [0.05, 0.1) is 17.8 Å². The van der Waals surface area contributed by atoms with Crippen molar-refractivity contribution in [3.05, 3.63) is 48.3 Å². The molecule has 2 aliphatic heterocycles. The van der Waals surface area contributed by atoms with Gasteiger partial charge in [-0.05, 0) is 49.6 Å². The Morgan fingerprint density at radius 1 is 1.18 bits per heavy atom. The number of terminal acetylenes is 1. The van der Waals surface area contributed by atoms with Crippen LogP contribution < -0.4 is 15.4 Å². The first-order valence-electron chi connectivity index (χ1n) is 11.9. The molecule has 2 saturated heterocycles. The summed E-state index contributed by atoms with van der Waals surface area (Å²) in [5.74, 6) is 4.18. The monoisotopic (exact) mass is 457 g/mol. The van der Waals surface area contributed by atoms with Crippen LogP contribution in [0.5, 0.6) is 5.75 Å². The number of nitrogens with one attached hydrogen (secondary N) is 2. The van der Waals surface area contributed by atoms with Crippen LogP contribution in [0.1, 0.15) is 24.8 Å². The number of likely N-dealkylation sites (tertiary alicyclic amines) is 1. The smallest absolute Gasteiger partial charge is 0.143 e. The topological polar surface area (TPSA) is 71.5 Å². The van der Waals surface area contributed by atoms with Crippen molar-refractivity contribution in [3.8, 4) is 18.1 Å². The standard InChI is InChI=1S/C27H31N5O2/c1-3-20-6-4-7-21(14-20)31-26-22-15-25(24(28-2)16-23(22)29-19-30-26)34-11-5-10-32-17-27(18-32)8-12-33-13-9-27/h1,4,6-7,14-16,19,28H,5,8-13,17-18H2,2H3,(H,29,30,31). The molecule has 176 valence electrons. The van der Waals surface area contributed by atoms with Crippen LogP contribution in [0.15, 0.2) is 42.7 Å². The van der Waals surface area contributed by atoms with Crippen LogP contribution in [-0.4, -0.2) is 61.4 Å². The number of hydrogen-bond acceptors (Lipinski definition) is 7. The summed E-state index contributed by atoms with van der Waals surface area (Å²) in [6, 6.07) is 11.7. The minimum atomic E-state index is 0.514. The molecular formula is C27H31N5O2. The number of benzene rings is 2. The molecule has 0 atom stereocenters. The van der Waals surface area contributed by atoms with Crippen LogP contribution in [0.3, 0.4) is 0 Å². The first kappa shape index (κ1) is 22.5. The Bertz CT molecular complexity index is 1190. The summed E-state index contributed by atoms with van der Waals surface area (Å²) in [5.41, 5.74) is 3.96. The van der Waals surface area contributed by atoms with Crippen LogP contribution in [0.25, 0.3) is 10.9 Å². The van der Waals surface area contributed by atoms with Gasteiger partial charge in [0.1, 0.15) is 17.9 Å². The van der Waals surface area contributed by atoms with Gasteiger partial charge in [0, 0.05) is 61.9 Å². The maximum atomic E-state index is 6.21. The van der Waals surface area contributed by atoms with Gasteiger partial charge in [-0.3, -0.25) is 0 Å². The Morgan fingerprint density at radius 2 is 2.03 bits per heavy atom. The maximum absolute atomic E-state index is 6.21. The lowest BCUT2D eigenvalue weighted by molar-refractivity contribution is -0.0811. The zero-order chi connectivity index (χ0) is 23.4. The molecular weight excluding hydrogens is 426 g/mol. The number of ether oxygens (including phenoxy) is 2. The van der Waals surface area contributed by atoms with Gasteiger partial charge in [-0.15, -0.1) is 6.42 Å².